The van der Waals surface area contributed by atoms with Crippen LogP contribution in [-0.2, 0) is 22.4 Å². The summed E-state index contributed by atoms with van der Waals surface area (Å²) in [5, 5.41) is 2.46. The van der Waals surface area contributed by atoms with Crippen LogP contribution < -0.4 is 0 Å². The first-order chi connectivity index (χ1) is 14.3. The lowest BCUT2D eigenvalue weighted by Gasteiger charge is -2.07. The number of carbonyl (C=O) groups is 1. The van der Waals surface area contributed by atoms with Gasteiger partial charge in [-0.15, -0.1) is 0 Å². The van der Waals surface area contributed by atoms with Crippen LogP contribution in [0.25, 0.3) is 10.8 Å². The van der Waals surface area contributed by atoms with E-state index in [0.29, 0.717) is 13.0 Å². The minimum atomic E-state index is -0.0826. The summed E-state index contributed by atoms with van der Waals surface area (Å²) in [7, 11) is 0. The second-order valence-corrected chi connectivity index (χ2v) is 7.72. The van der Waals surface area contributed by atoms with E-state index in [1.165, 1.54) is 54.0 Å². The molecule has 0 atom stereocenters. The number of aryl methyl sites for hydroxylation is 2. The average Bonchev–Trinajstić information content (AvgIpc) is 2.77. The number of fused-ring (bicyclic) bond motifs is 1. The van der Waals surface area contributed by atoms with E-state index in [2.05, 4.69) is 60.7 Å². The van der Waals surface area contributed by atoms with E-state index in [1.807, 2.05) is 12.1 Å². The number of rotatable bonds is 12. The zero-order valence-electron chi connectivity index (χ0n) is 17.3. The molecule has 2 nitrogen and oxygen atoms in total. The topological polar surface area (TPSA) is 26.3 Å². The van der Waals surface area contributed by atoms with E-state index in [-0.39, 0.29) is 5.97 Å². The van der Waals surface area contributed by atoms with Gasteiger partial charge in [0.2, 0.25) is 0 Å². The Morgan fingerprint density at radius 3 is 2.21 bits per heavy atom. The normalized spacial score (nSPS) is 10.9. The summed E-state index contributed by atoms with van der Waals surface area (Å²) in [5.74, 6) is -0.0826. The van der Waals surface area contributed by atoms with Crippen molar-refractivity contribution in [2.45, 2.75) is 57.8 Å². The lowest BCUT2D eigenvalue weighted by atomic mass is 10.0. The fourth-order valence-electron chi connectivity index (χ4n) is 3.79. The number of benzene rings is 3. The van der Waals surface area contributed by atoms with Gasteiger partial charge >= 0.3 is 5.97 Å². The quantitative estimate of drug-likeness (QED) is 0.249. The molecular formula is C27H32O2. The molecule has 0 saturated heterocycles. The van der Waals surface area contributed by atoms with Gasteiger partial charge in [0, 0.05) is 6.42 Å². The molecule has 3 aromatic carbocycles. The molecule has 0 heterocycles. The van der Waals surface area contributed by atoms with Crippen molar-refractivity contribution in [3.63, 3.8) is 0 Å². The Morgan fingerprint density at radius 1 is 0.655 bits per heavy atom. The highest BCUT2D eigenvalue weighted by Gasteiger charge is 2.06. The van der Waals surface area contributed by atoms with Crippen LogP contribution in [0.4, 0.5) is 0 Å². The number of hydrogen-bond acceptors (Lipinski definition) is 2. The van der Waals surface area contributed by atoms with Crippen LogP contribution >= 0.6 is 0 Å². The van der Waals surface area contributed by atoms with Gasteiger partial charge in [0.1, 0.15) is 0 Å². The molecule has 3 aromatic rings. The van der Waals surface area contributed by atoms with Crippen molar-refractivity contribution in [2.75, 3.05) is 6.61 Å². The summed E-state index contributed by atoms with van der Waals surface area (Å²) in [4.78, 5) is 12.0. The molecule has 0 unspecified atom stereocenters. The number of esters is 1. The third-order valence-electron chi connectivity index (χ3n) is 5.44. The molecule has 0 N–H and O–H groups in total. The van der Waals surface area contributed by atoms with E-state index in [0.717, 1.165) is 19.3 Å². The van der Waals surface area contributed by atoms with Gasteiger partial charge in [0.15, 0.2) is 0 Å². The zero-order chi connectivity index (χ0) is 20.2. The van der Waals surface area contributed by atoms with Gasteiger partial charge in [-0.3, -0.25) is 4.79 Å². The van der Waals surface area contributed by atoms with E-state index in [9.17, 15) is 4.79 Å². The molecule has 3 rings (SSSR count). The fraction of sp³-hybridized carbons (Fsp3) is 0.370. The maximum absolute atomic E-state index is 12.0. The molecule has 152 valence electrons. The SMILES string of the molecule is O=C(CCc1cccc2ccccc12)OCCCCCCCCc1ccccc1. The Kier molecular flexibility index (Phi) is 8.78. The van der Waals surface area contributed by atoms with E-state index in [4.69, 9.17) is 4.74 Å². The van der Waals surface area contributed by atoms with Gasteiger partial charge in [0.25, 0.3) is 0 Å². The molecular weight excluding hydrogens is 356 g/mol. The lowest BCUT2D eigenvalue weighted by Crippen LogP contribution is -2.07. The fourth-order valence-corrected chi connectivity index (χ4v) is 3.79. The minimum absolute atomic E-state index is 0.0826. The number of unbranched alkanes of at least 4 members (excludes halogenated alkanes) is 5. The zero-order valence-corrected chi connectivity index (χ0v) is 17.3. The second kappa shape index (κ2) is 12.1. The largest absolute Gasteiger partial charge is 0.466 e. The van der Waals surface area contributed by atoms with Crippen LogP contribution in [0.5, 0.6) is 0 Å². The van der Waals surface area contributed by atoms with Crippen LogP contribution in [0, 0.1) is 0 Å². The van der Waals surface area contributed by atoms with Crippen molar-refractivity contribution in [2.24, 2.45) is 0 Å². The van der Waals surface area contributed by atoms with Crippen molar-refractivity contribution in [3.05, 3.63) is 83.9 Å². The standard InChI is InChI=1S/C27H32O2/c28-27(21-20-25-18-12-17-24-16-9-10-19-26(24)25)29-22-11-4-2-1-3-6-13-23-14-7-5-8-15-23/h5,7-10,12,14-19H,1-4,6,11,13,20-22H2. The van der Waals surface area contributed by atoms with Crippen LogP contribution in [0.1, 0.15) is 56.1 Å². The third-order valence-corrected chi connectivity index (χ3v) is 5.44. The minimum Gasteiger partial charge on any atom is -0.466 e. The summed E-state index contributed by atoms with van der Waals surface area (Å²) in [5.41, 5.74) is 2.65. The highest BCUT2D eigenvalue weighted by atomic mass is 16.5. The van der Waals surface area contributed by atoms with Crippen LogP contribution in [0.2, 0.25) is 0 Å². The average molecular weight is 389 g/mol. The molecule has 0 aliphatic carbocycles. The summed E-state index contributed by atoms with van der Waals surface area (Å²) in [6.07, 6.45) is 9.50. The summed E-state index contributed by atoms with van der Waals surface area (Å²) >= 11 is 0. The van der Waals surface area contributed by atoms with Crippen molar-refractivity contribution in [1.29, 1.82) is 0 Å². The van der Waals surface area contributed by atoms with Crippen LogP contribution in [0.15, 0.2) is 72.8 Å². The first-order valence-corrected chi connectivity index (χ1v) is 11.0. The molecule has 0 spiro atoms. The first kappa shape index (κ1) is 21.1. The predicted molar refractivity (Wildman–Crippen MR) is 121 cm³/mol. The Hall–Kier alpha value is -2.61. The van der Waals surface area contributed by atoms with Gasteiger partial charge in [0.05, 0.1) is 6.61 Å². The first-order valence-electron chi connectivity index (χ1n) is 11.0. The molecule has 29 heavy (non-hydrogen) atoms. The maximum Gasteiger partial charge on any atom is 0.306 e. The summed E-state index contributed by atoms with van der Waals surface area (Å²) in [6.45, 7) is 0.554. The maximum atomic E-state index is 12.0. The molecule has 2 heteroatoms. The molecule has 0 aromatic heterocycles. The number of ether oxygens (including phenoxy) is 1. The van der Waals surface area contributed by atoms with Gasteiger partial charge in [-0.2, -0.15) is 0 Å². The van der Waals surface area contributed by atoms with Gasteiger partial charge < -0.3 is 4.74 Å². The Balaban J connectivity index is 1.21. The smallest absolute Gasteiger partial charge is 0.306 e. The van der Waals surface area contributed by atoms with Gasteiger partial charge in [-0.25, -0.2) is 0 Å². The van der Waals surface area contributed by atoms with Crippen molar-refractivity contribution < 1.29 is 9.53 Å². The Labute approximate surface area is 174 Å². The number of hydrogen-bond donors (Lipinski definition) is 0. The van der Waals surface area contributed by atoms with Crippen molar-refractivity contribution in [1.82, 2.24) is 0 Å². The van der Waals surface area contributed by atoms with Gasteiger partial charge in [-0.05, 0) is 47.6 Å². The molecule has 0 bridgehead atoms. The number of carbonyl (C=O) groups excluding carboxylic acids is 1. The summed E-state index contributed by atoms with van der Waals surface area (Å²) < 4.78 is 5.42. The van der Waals surface area contributed by atoms with Crippen molar-refractivity contribution in [3.8, 4) is 0 Å². The summed E-state index contributed by atoms with van der Waals surface area (Å²) in [6, 6.07) is 25.3. The molecule has 0 fully saturated rings. The highest BCUT2D eigenvalue weighted by molar-refractivity contribution is 5.86. The Bertz CT molecular complexity index is 865. The van der Waals surface area contributed by atoms with E-state index >= 15 is 0 Å². The van der Waals surface area contributed by atoms with E-state index in [1.54, 1.807) is 0 Å². The molecule has 0 aliphatic rings. The predicted octanol–water partition coefficient (Wildman–Crippen LogP) is 6.90. The second-order valence-electron chi connectivity index (χ2n) is 7.72. The molecule has 0 saturated carbocycles. The van der Waals surface area contributed by atoms with Crippen LogP contribution in [-0.4, -0.2) is 12.6 Å². The molecule has 0 amide bonds. The van der Waals surface area contributed by atoms with Crippen molar-refractivity contribution >= 4 is 16.7 Å². The highest BCUT2D eigenvalue weighted by Crippen LogP contribution is 2.20. The third kappa shape index (κ3) is 7.38. The van der Waals surface area contributed by atoms with E-state index < -0.39 is 0 Å². The van der Waals surface area contributed by atoms with Gasteiger partial charge in [-0.1, -0.05) is 98.5 Å². The monoisotopic (exact) mass is 388 g/mol. The Morgan fingerprint density at radius 2 is 1.34 bits per heavy atom. The van der Waals surface area contributed by atoms with Crippen LogP contribution in [0.3, 0.4) is 0 Å². The molecule has 0 aliphatic heterocycles. The molecule has 0 radical (unpaired) electrons. The lowest BCUT2D eigenvalue weighted by molar-refractivity contribution is -0.143.